The molecule has 4 rings (SSSR count). The lowest BCUT2D eigenvalue weighted by molar-refractivity contribution is -0.120. The van der Waals surface area contributed by atoms with Gasteiger partial charge in [0.1, 0.15) is 6.04 Å². The van der Waals surface area contributed by atoms with E-state index >= 15 is 0 Å². The fraction of sp³-hybridized carbons (Fsp3) is 0.250. The second-order valence-corrected chi connectivity index (χ2v) is 8.27. The molecule has 0 saturated heterocycles. The Morgan fingerprint density at radius 2 is 1.61 bits per heavy atom. The zero-order chi connectivity index (χ0) is 19.3. The average Bonchev–Trinajstić information content (AvgIpc) is 3.36. The zero-order valence-electron chi connectivity index (χ0n) is 16.1. The maximum absolute atomic E-state index is 6.02. The highest BCUT2D eigenvalue weighted by Crippen LogP contribution is 2.36. The number of nitrogens with two attached hydrogens (primary N) is 1. The molecular weight excluding hydrogens is 364 g/mol. The molecule has 2 heterocycles. The molecule has 1 atom stereocenters. The zero-order valence-corrected chi connectivity index (χ0v) is 16.9. The highest BCUT2D eigenvalue weighted by atomic mass is 32.1. The molecule has 0 bridgehead atoms. The summed E-state index contributed by atoms with van der Waals surface area (Å²) < 4.78 is 0. The van der Waals surface area contributed by atoms with Crippen molar-refractivity contribution < 1.29 is 4.84 Å². The van der Waals surface area contributed by atoms with Crippen molar-refractivity contribution in [3.8, 4) is 0 Å². The molecule has 144 valence electrons. The van der Waals surface area contributed by atoms with Crippen molar-refractivity contribution in [2.24, 2.45) is 5.73 Å². The highest BCUT2D eigenvalue weighted by Gasteiger charge is 2.29. The summed E-state index contributed by atoms with van der Waals surface area (Å²) in [5.41, 5.74) is 8.68. The van der Waals surface area contributed by atoms with E-state index in [-0.39, 0.29) is 6.04 Å². The molecule has 1 aliphatic heterocycles. The quantitative estimate of drug-likeness (QED) is 0.569. The van der Waals surface area contributed by atoms with E-state index in [0.717, 1.165) is 19.4 Å². The van der Waals surface area contributed by atoms with Crippen LogP contribution in [-0.2, 0) is 11.3 Å². The third-order valence-corrected chi connectivity index (χ3v) is 6.52. The van der Waals surface area contributed by atoms with E-state index < -0.39 is 0 Å². The normalized spacial score (nSPS) is 16.9. The van der Waals surface area contributed by atoms with Gasteiger partial charge in [0.05, 0.1) is 0 Å². The SMILES string of the molecule is CCc1ccc(C2C=C(N)ON2CCC(c2ccccc2)c2ccccc2)s1. The van der Waals surface area contributed by atoms with Crippen LogP contribution in [0.25, 0.3) is 0 Å². The predicted octanol–water partition coefficient (Wildman–Crippen LogP) is 5.62. The van der Waals surface area contributed by atoms with Crippen molar-refractivity contribution in [2.75, 3.05) is 6.54 Å². The molecule has 1 unspecified atom stereocenters. The number of thiophene rings is 1. The number of nitrogens with zero attached hydrogens (tertiary/aromatic N) is 1. The third-order valence-electron chi connectivity index (χ3n) is 5.22. The summed E-state index contributed by atoms with van der Waals surface area (Å²) in [5, 5.41) is 2.03. The minimum absolute atomic E-state index is 0.0949. The molecule has 3 nitrogen and oxygen atoms in total. The minimum atomic E-state index is 0.0949. The Bertz CT molecular complexity index is 881. The molecule has 0 saturated carbocycles. The standard InChI is InChI=1S/C24H26N2OS/c1-2-20-13-14-23(28-20)22-17-24(25)27-26(22)16-15-21(18-9-5-3-6-10-18)19-11-7-4-8-12-19/h3-14,17,21-22H,2,15-16,25H2,1H3. The van der Waals surface area contributed by atoms with Gasteiger partial charge in [-0.1, -0.05) is 67.6 Å². The van der Waals surface area contributed by atoms with Crippen molar-refractivity contribution >= 4 is 11.3 Å². The maximum atomic E-state index is 6.02. The van der Waals surface area contributed by atoms with Crippen LogP contribution in [0.3, 0.4) is 0 Å². The van der Waals surface area contributed by atoms with Crippen LogP contribution in [-0.4, -0.2) is 11.6 Å². The Balaban J connectivity index is 1.53. The Morgan fingerprint density at radius 3 is 2.18 bits per heavy atom. The van der Waals surface area contributed by atoms with Crippen molar-refractivity contribution in [3.63, 3.8) is 0 Å². The Hall–Kier alpha value is -2.56. The number of hydrogen-bond donors (Lipinski definition) is 1. The molecule has 0 radical (unpaired) electrons. The molecule has 28 heavy (non-hydrogen) atoms. The van der Waals surface area contributed by atoms with Crippen molar-refractivity contribution in [1.82, 2.24) is 5.06 Å². The van der Waals surface area contributed by atoms with Crippen LogP contribution in [0.1, 0.15) is 46.2 Å². The van der Waals surface area contributed by atoms with Gasteiger partial charge in [0.15, 0.2) is 0 Å². The first kappa shape index (κ1) is 18.8. The first-order chi connectivity index (χ1) is 13.7. The molecule has 0 spiro atoms. The van der Waals surface area contributed by atoms with Crippen LogP contribution >= 0.6 is 11.3 Å². The molecule has 2 N–H and O–H groups in total. The van der Waals surface area contributed by atoms with Gasteiger partial charge in [-0.2, -0.15) is 0 Å². The monoisotopic (exact) mass is 390 g/mol. The lowest BCUT2D eigenvalue weighted by atomic mass is 9.88. The summed E-state index contributed by atoms with van der Waals surface area (Å²) in [5.74, 6) is 0.815. The van der Waals surface area contributed by atoms with Gasteiger partial charge in [0, 0.05) is 28.3 Å². The first-order valence-corrected chi connectivity index (χ1v) is 10.7. The highest BCUT2D eigenvalue weighted by molar-refractivity contribution is 7.12. The predicted molar refractivity (Wildman–Crippen MR) is 116 cm³/mol. The van der Waals surface area contributed by atoms with Crippen LogP contribution in [0.2, 0.25) is 0 Å². The van der Waals surface area contributed by atoms with Gasteiger partial charge in [-0.15, -0.1) is 16.4 Å². The van der Waals surface area contributed by atoms with Gasteiger partial charge in [-0.05, 0) is 36.1 Å². The number of rotatable bonds is 7. The summed E-state index contributed by atoms with van der Waals surface area (Å²) in [7, 11) is 0. The molecule has 3 aromatic rings. The Morgan fingerprint density at radius 1 is 0.964 bits per heavy atom. The van der Waals surface area contributed by atoms with E-state index in [1.54, 1.807) is 0 Å². The summed E-state index contributed by atoms with van der Waals surface area (Å²) in [6, 6.07) is 25.9. The smallest absolute Gasteiger partial charge is 0.207 e. The van der Waals surface area contributed by atoms with E-state index in [1.165, 1.54) is 20.9 Å². The van der Waals surface area contributed by atoms with Gasteiger partial charge in [-0.3, -0.25) is 0 Å². The van der Waals surface area contributed by atoms with E-state index in [1.807, 2.05) is 22.5 Å². The van der Waals surface area contributed by atoms with Crippen molar-refractivity contribution in [3.05, 3.63) is 106 Å². The number of aryl methyl sites for hydroxylation is 1. The van der Waals surface area contributed by atoms with Crippen LogP contribution < -0.4 is 5.73 Å². The van der Waals surface area contributed by atoms with Gasteiger partial charge in [0.2, 0.25) is 5.88 Å². The van der Waals surface area contributed by atoms with E-state index in [2.05, 4.69) is 79.7 Å². The summed E-state index contributed by atoms with van der Waals surface area (Å²) >= 11 is 1.84. The molecule has 0 amide bonds. The first-order valence-electron chi connectivity index (χ1n) is 9.85. The maximum Gasteiger partial charge on any atom is 0.207 e. The fourth-order valence-corrected chi connectivity index (χ4v) is 4.79. The van der Waals surface area contributed by atoms with E-state index in [0.29, 0.717) is 11.8 Å². The largest absolute Gasteiger partial charge is 0.388 e. The molecule has 4 heteroatoms. The number of hydrogen-bond acceptors (Lipinski definition) is 4. The van der Waals surface area contributed by atoms with Gasteiger partial charge >= 0.3 is 0 Å². The molecule has 0 aliphatic carbocycles. The molecule has 0 fully saturated rings. The molecule has 2 aromatic carbocycles. The van der Waals surface area contributed by atoms with Gasteiger partial charge in [-0.25, -0.2) is 0 Å². The minimum Gasteiger partial charge on any atom is -0.388 e. The van der Waals surface area contributed by atoms with Crippen LogP contribution in [0, 0.1) is 0 Å². The molecule has 1 aliphatic rings. The molecular formula is C24H26N2OS. The van der Waals surface area contributed by atoms with E-state index in [9.17, 15) is 0 Å². The molecule has 1 aromatic heterocycles. The second-order valence-electron chi connectivity index (χ2n) is 7.07. The van der Waals surface area contributed by atoms with Crippen LogP contribution in [0.4, 0.5) is 0 Å². The Kier molecular flexibility index (Phi) is 5.79. The third kappa shape index (κ3) is 4.13. The van der Waals surface area contributed by atoms with Crippen molar-refractivity contribution in [1.29, 1.82) is 0 Å². The van der Waals surface area contributed by atoms with Crippen LogP contribution in [0.15, 0.2) is 84.8 Å². The average molecular weight is 391 g/mol. The summed E-state index contributed by atoms with van der Waals surface area (Å²) in [6.07, 6.45) is 4.03. The lowest BCUT2D eigenvalue weighted by Crippen LogP contribution is -2.26. The summed E-state index contributed by atoms with van der Waals surface area (Å²) in [4.78, 5) is 8.55. The number of hydroxylamine groups is 2. The lowest BCUT2D eigenvalue weighted by Gasteiger charge is -2.25. The van der Waals surface area contributed by atoms with Gasteiger partial charge in [0.25, 0.3) is 0 Å². The van der Waals surface area contributed by atoms with Gasteiger partial charge < -0.3 is 10.6 Å². The number of benzene rings is 2. The Labute approximate surface area is 171 Å². The summed E-state index contributed by atoms with van der Waals surface area (Å²) in [6.45, 7) is 2.99. The van der Waals surface area contributed by atoms with Crippen LogP contribution in [0.5, 0.6) is 0 Å². The van der Waals surface area contributed by atoms with E-state index in [4.69, 9.17) is 10.6 Å². The second kappa shape index (κ2) is 8.63. The topological polar surface area (TPSA) is 38.5 Å². The van der Waals surface area contributed by atoms with Crippen molar-refractivity contribution in [2.45, 2.75) is 31.7 Å². The fourth-order valence-electron chi connectivity index (χ4n) is 3.77.